The van der Waals surface area contributed by atoms with Crippen LogP contribution in [-0.4, -0.2) is 92.8 Å². The summed E-state index contributed by atoms with van der Waals surface area (Å²) >= 11 is 0. The fourth-order valence-electron chi connectivity index (χ4n) is 6.64. The van der Waals surface area contributed by atoms with Crippen molar-refractivity contribution in [3.8, 4) is 0 Å². The fourth-order valence-corrected chi connectivity index (χ4v) is 8.26. The van der Waals surface area contributed by atoms with Gasteiger partial charge in [-0.15, -0.1) is 0 Å². The number of rotatable bonds is 13. The van der Waals surface area contributed by atoms with E-state index < -0.39 is 34.4 Å². The molecule has 3 fully saturated rings. The number of nitrogens with one attached hydrogen (secondary N) is 1. The van der Waals surface area contributed by atoms with Gasteiger partial charge in [0.25, 0.3) is 0 Å². The lowest BCUT2D eigenvalue weighted by Gasteiger charge is -2.36. The Balaban J connectivity index is 1.27. The van der Waals surface area contributed by atoms with Gasteiger partial charge in [0.15, 0.2) is 6.29 Å². The van der Waals surface area contributed by atoms with Gasteiger partial charge < -0.3 is 24.6 Å². The number of aryl methyl sites for hydroxylation is 1. The van der Waals surface area contributed by atoms with E-state index in [9.17, 15) is 18.3 Å². The number of aliphatic hydroxyl groups is 1. The zero-order chi connectivity index (χ0) is 32.0. The molecule has 45 heavy (non-hydrogen) atoms. The number of ether oxygens (including phenoxy) is 3. The molecular formula is C34H49N3O7S. The highest BCUT2D eigenvalue weighted by atomic mass is 32.2. The molecule has 0 radical (unpaired) electrons. The van der Waals surface area contributed by atoms with E-state index in [1.165, 1.54) is 9.87 Å². The van der Waals surface area contributed by atoms with Gasteiger partial charge in [-0.2, -0.15) is 4.31 Å². The summed E-state index contributed by atoms with van der Waals surface area (Å²) < 4.78 is 45.8. The zero-order valence-corrected chi connectivity index (χ0v) is 27.5. The highest BCUT2D eigenvalue weighted by Crippen LogP contribution is 2.33. The fraction of sp³-hybridized carbons (Fsp3) is 0.618. The van der Waals surface area contributed by atoms with Crippen LogP contribution in [0.4, 0.5) is 4.79 Å². The Kier molecular flexibility index (Phi) is 11.5. The predicted octanol–water partition coefficient (Wildman–Crippen LogP) is 4.16. The van der Waals surface area contributed by atoms with Crippen molar-refractivity contribution in [2.24, 2.45) is 17.8 Å². The molecule has 10 nitrogen and oxygen atoms in total. The molecule has 2 aromatic rings. The number of amides is 1. The predicted molar refractivity (Wildman–Crippen MR) is 171 cm³/mol. The Morgan fingerprint density at radius 2 is 1.76 bits per heavy atom. The molecule has 3 aliphatic rings. The minimum atomic E-state index is -3.88. The number of carbonyl (C=O) groups excluding carboxylic acids is 1. The number of alkyl carbamates (subject to hydrolysis) is 1. The standard InChI is InChI=1S/C34H49N3O7S/c1-24(2)20-37(45(40,41)28-11-9-25(3)10-12-28)22-31(38)30(35-34(39)44-32-23-43-33-29(32)15-18-42-33)19-26-13-16-36(17-14-26)21-27-7-5-4-6-8-27/h4-12,24,26,29-33,38H,13-23H2,1-3H3,(H,35,39)/t29?,30-,31+,32?,33+/m0/s1. The lowest BCUT2D eigenvalue weighted by molar-refractivity contribution is -0.0907. The van der Waals surface area contributed by atoms with Crippen molar-refractivity contribution in [1.29, 1.82) is 0 Å². The Morgan fingerprint density at radius 1 is 1.04 bits per heavy atom. The number of likely N-dealkylation sites (tertiary alicyclic amines) is 1. The second kappa shape index (κ2) is 15.4. The van der Waals surface area contributed by atoms with E-state index in [-0.39, 0.29) is 48.6 Å². The molecule has 0 aliphatic carbocycles. The van der Waals surface area contributed by atoms with Crippen LogP contribution in [0.15, 0.2) is 59.5 Å². The molecule has 3 aliphatic heterocycles. The smallest absolute Gasteiger partial charge is 0.407 e. The number of nitrogens with zero attached hydrogens (tertiary/aromatic N) is 2. The Labute approximate surface area is 268 Å². The highest BCUT2D eigenvalue weighted by molar-refractivity contribution is 7.89. The maximum Gasteiger partial charge on any atom is 0.407 e. The lowest BCUT2D eigenvalue weighted by Crippen LogP contribution is -2.52. The van der Waals surface area contributed by atoms with Crippen LogP contribution in [0.1, 0.15) is 50.7 Å². The zero-order valence-electron chi connectivity index (χ0n) is 26.7. The molecule has 2 N–H and O–H groups in total. The summed E-state index contributed by atoms with van der Waals surface area (Å²) in [6.45, 7) is 9.46. The van der Waals surface area contributed by atoms with Crippen LogP contribution in [0.2, 0.25) is 0 Å². The quantitative estimate of drug-likeness (QED) is 0.334. The minimum absolute atomic E-state index is 0.00532. The number of carbonyl (C=O) groups is 1. The van der Waals surface area contributed by atoms with Crippen LogP contribution >= 0.6 is 0 Å². The van der Waals surface area contributed by atoms with Crippen LogP contribution in [0, 0.1) is 24.7 Å². The van der Waals surface area contributed by atoms with Crippen molar-refractivity contribution in [2.45, 2.75) is 82.4 Å². The Bertz CT molecular complexity index is 1330. The van der Waals surface area contributed by atoms with E-state index in [1.54, 1.807) is 24.3 Å². The maximum atomic E-state index is 13.7. The highest BCUT2D eigenvalue weighted by Gasteiger charge is 2.44. The van der Waals surface area contributed by atoms with Gasteiger partial charge in [-0.1, -0.05) is 61.9 Å². The summed E-state index contributed by atoms with van der Waals surface area (Å²) in [6, 6.07) is 16.5. The van der Waals surface area contributed by atoms with E-state index in [2.05, 4.69) is 34.5 Å². The molecule has 3 saturated heterocycles. The minimum Gasteiger partial charge on any atom is -0.443 e. The van der Waals surface area contributed by atoms with Crippen molar-refractivity contribution in [2.75, 3.05) is 39.4 Å². The molecule has 248 valence electrons. The SMILES string of the molecule is Cc1ccc(S(=O)(=O)N(CC(C)C)C[C@@H](O)[C@H](CC2CCN(Cc3ccccc3)CC2)NC(=O)OC2CO[C@H]3OCCC23)cc1. The van der Waals surface area contributed by atoms with E-state index in [4.69, 9.17) is 14.2 Å². The summed E-state index contributed by atoms with van der Waals surface area (Å²) in [7, 11) is -3.88. The summed E-state index contributed by atoms with van der Waals surface area (Å²) in [6.07, 6.45) is 0.588. The number of piperidine rings is 1. The summed E-state index contributed by atoms with van der Waals surface area (Å²) in [5, 5.41) is 14.6. The van der Waals surface area contributed by atoms with E-state index >= 15 is 0 Å². The maximum absolute atomic E-state index is 13.7. The monoisotopic (exact) mass is 643 g/mol. The van der Waals surface area contributed by atoms with Gasteiger partial charge in [-0.05, 0) is 75.2 Å². The topological polar surface area (TPSA) is 118 Å². The van der Waals surface area contributed by atoms with Crippen molar-refractivity contribution in [3.05, 3.63) is 65.7 Å². The van der Waals surface area contributed by atoms with Gasteiger partial charge in [0.1, 0.15) is 6.10 Å². The number of aliphatic hydroxyl groups excluding tert-OH is 1. The normalized spacial score (nSPS) is 24.1. The molecule has 2 unspecified atom stereocenters. The number of hydrogen-bond acceptors (Lipinski definition) is 8. The number of fused-ring (bicyclic) bond motifs is 1. The van der Waals surface area contributed by atoms with Gasteiger partial charge in [0, 0.05) is 19.6 Å². The number of hydrogen-bond donors (Lipinski definition) is 2. The molecular weight excluding hydrogens is 594 g/mol. The van der Waals surface area contributed by atoms with E-state index in [1.807, 2.05) is 26.8 Å². The molecule has 0 spiro atoms. The van der Waals surface area contributed by atoms with Crippen molar-refractivity contribution in [1.82, 2.24) is 14.5 Å². The molecule has 11 heteroatoms. The van der Waals surface area contributed by atoms with Gasteiger partial charge in [-0.25, -0.2) is 13.2 Å². The van der Waals surface area contributed by atoms with Crippen LogP contribution in [-0.2, 0) is 30.8 Å². The van der Waals surface area contributed by atoms with Gasteiger partial charge in [-0.3, -0.25) is 4.90 Å². The number of sulfonamides is 1. The molecule has 0 bridgehead atoms. The Hall–Kier alpha value is -2.54. The van der Waals surface area contributed by atoms with Crippen LogP contribution in [0.3, 0.4) is 0 Å². The molecule has 0 aromatic heterocycles. The van der Waals surface area contributed by atoms with Crippen LogP contribution < -0.4 is 5.32 Å². The first-order valence-electron chi connectivity index (χ1n) is 16.3. The second-order valence-corrected chi connectivity index (χ2v) is 15.2. The molecule has 3 heterocycles. The molecule has 5 atom stereocenters. The van der Waals surface area contributed by atoms with E-state index in [0.717, 1.165) is 44.5 Å². The first-order chi connectivity index (χ1) is 21.6. The third kappa shape index (κ3) is 9.05. The molecule has 0 saturated carbocycles. The van der Waals surface area contributed by atoms with Gasteiger partial charge in [0.05, 0.1) is 36.2 Å². The third-order valence-corrected chi connectivity index (χ3v) is 11.0. The summed E-state index contributed by atoms with van der Waals surface area (Å²) in [5.41, 5.74) is 2.24. The van der Waals surface area contributed by atoms with Crippen molar-refractivity contribution >= 4 is 16.1 Å². The first kappa shape index (κ1) is 33.8. The second-order valence-electron chi connectivity index (χ2n) is 13.3. The van der Waals surface area contributed by atoms with Gasteiger partial charge in [0.2, 0.25) is 10.0 Å². The van der Waals surface area contributed by atoms with Crippen molar-refractivity contribution < 1.29 is 32.5 Å². The van der Waals surface area contributed by atoms with Gasteiger partial charge >= 0.3 is 6.09 Å². The van der Waals surface area contributed by atoms with Crippen LogP contribution in [0.5, 0.6) is 0 Å². The van der Waals surface area contributed by atoms with Crippen LogP contribution in [0.25, 0.3) is 0 Å². The largest absolute Gasteiger partial charge is 0.443 e. The van der Waals surface area contributed by atoms with E-state index in [0.29, 0.717) is 13.0 Å². The summed E-state index contributed by atoms with van der Waals surface area (Å²) in [4.78, 5) is 15.8. The molecule has 5 rings (SSSR count). The average Bonchev–Trinajstić information content (AvgIpc) is 3.63. The Morgan fingerprint density at radius 3 is 2.44 bits per heavy atom. The third-order valence-electron chi connectivity index (χ3n) is 9.17. The first-order valence-corrected chi connectivity index (χ1v) is 17.7. The van der Waals surface area contributed by atoms with Crippen molar-refractivity contribution in [3.63, 3.8) is 0 Å². The number of benzene rings is 2. The lowest BCUT2D eigenvalue weighted by atomic mass is 9.88. The molecule has 2 aromatic carbocycles. The average molecular weight is 644 g/mol. The molecule has 1 amide bonds. The summed E-state index contributed by atoms with van der Waals surface area (Å²) in [5.74, 6) is 0.285.